The predicted octanol–water partition coefficient (Wildman–Crippen LogP) is 2.60. The van der Waals surface area contributed by atoms with Gasteiger partial charge in [-0.2, -0.15) is 0 Å². The molecule has 100 valence electrons. The number of carbonyl (C=O) groups is 1. The van der Waals surface area contributed by atoms with Gasteiger partial charge >= 0.3 is 6.03 Å². The Bertz CT molecular complexity index is 440. The summed E-state index contributed by atoms with van der Waals surface area (Å²) >= 11 is 0. The van der Waals surface area contributed by atoms with Crippen molar-refractivity contribution in [1.29, 1.82) is 0 Å². The Hall–Kier alpha value is -2.36. The number of nitrogens with zero attached hydrogens (tertiary/aromatic N) is 2. The third-order valence-electron chi connectivity index (χ3n) is 2.32. The van der Waals surface area contributed by atoms with E-state index in [-0.39, 0.29) is 6.03 Å². The number of carbonyl (C=O) groups excluding carboxylic acids is 1. The summed E-state index contributed by atoms with van der Waals surface area (Å²) in [4.78, 5) is 17.5. The van der Waals surface area contributed by atoms with Crippen molar-refractivity contribution in [2.75, 3.05) is 13.1 Å². The summed E-state index contributed by atoms with van der Waals surface area (Å²) in [7, 11) is 0. The highest BCUT2D eigenvalue weighted by atomic mass is 16.2. The average molecular weight is 257 g/mol. The Morgan fingerprint density at radius 2 is 2.00 bits per heavy atom. The quantitative estimate of drug-likeness (QED) is 0.455. The number of amides is 2. The van der Waals surface area contributed by atoms with Gasteiger partial charge in [0, 0.05) is 13.1 Å². The molecule has 1 aromatic carbocycles. The molecule has 1 aromatic rings. The van der Waals surface area contributed by atoms with Gasteiger partial charge in [0.25, 0.3) is 0 Å². The zero-order valence-electron chi connectivity index (χ0n) is 11.0. The lowest BCUT2D eigenvalue weighted by atomic mass is 10.2. The van der Waals surface area contributed by atoms with Gasteiger partial charge in [0.1, 0.15) is 0 Å². The van der Waals surface area contributed by atoms with Crippen molar-refractivity contribution in [2.45, 2.75) is 6.54 Å². The normalized spacial score (nSPS) is 10.1. The maximum absolute atomic E-state index is 11.8. The Kier molecular flexibility index (Phi) is 6.72. The maximum Gasteiger partial charge on any atom is 0.323 e. The number of hydrogen-bond acceptors (Lipinski definition) is 2. The van der Waals surface area contributed by atoms with E-state index < -0.39 is 0 Å². The molecule has 0 unspecified atom stereocenters. The molecule has 0 saturated carbocycles. The van der Waals surface area contributed by atoms with Crippen molar-refractivity contribution in [3.05, 3.63) is 61.2 Å². The van der Waals surface area contributed by atoms with Crippen LogP contribution in [0.4, 0.5) is 4.79 Å². The van der Waals surface area contributed by atoms with Crippen LogP contribution in [-0.4, -0.2) is 30.4 Å². The molecule has 19 heavy (non-hydrogen) atoms. The standard InChI is InChI=1S/C15H19N3O/c1-3-10-17-15(19)18(11-4-2)13-16-12-14-8-6-5-7-9-14/h3-9,13H,1-2,10-12H2,(H,17,19). The van der Waals surface area contributed by atoms with Crippen molar-refractivity contribution in [3.8, 4) is 0 Å². The van der Waals surface area contributed by atoms with Crippen LogP contribution in [-0.2, 0) is 6.54 Å². The van der Waals surface area contributed by atoms with Gasteiger partial charge in [0.15, 0.2) is 0 Å². The van der Waals surface area contributed by atoms with E-state index in [0.717, 1.165) is 5.56 Å². The number of benzene rings is 1. The lowest BCUT2D eigenvalue weighted by Crippen LogP contribution is -2.39. The smallest absolute Gasteiger partial charge is 0.323 e. The second kappa shape index (κ2) is 8.69. The van der Waals surface area contributed by atoms with Gasteiger partial charge in [-0.15, -0.1) is 13.2 Å². The van der Waals surface area contributed by atoms with E-state index in [0.29, 0.717) is 19.6 Å². The number of hydrogen-bond donors (Lipinski definition) is 1. The van der Waals surface area contributed by atoms with Crippen LogP contribution in [0, 0.1) is 0 Å². The molecule has 0 aliphatic heterocycles. The van der Waals surface area contributed by atoms with E-state index in [9.17, 15) is 4.79 Å². The second-order valence-corrected chi connectivity index (χ2v) is 3.86. The second-order valence-electron chi connectivity index (χ2n) is 3.86. The van der Waals surface area contributed by atoms with E-state index in [1.54, 1.807) is 12.2 Å². The fourth-order valence-electron chi connectivity index (χ4n) is 1.41. The van der Waals surface area contributed by atoms with Gasteiger partial charge in [-0.25, -0.2) is 4.79 Å². The molecule has 0 radical (unpaired) electrons. The Morgan fingerprint density at radius 1 is 1.26 bits per heavy atom. The van der Waals surface area contributed by atoms with Gasteiger partial charge in [-0.05, 0) is 5.56 Å². The molecule has 4 nitrogen and oxygen atoms in total. The molecule has 0 aliphatic carbocycles. The maximum atomic E-state index is 11.8. The SMILES string of the molecule is C=CCNC(=O)N(C=NCc1ccccc1)CC=C. The molecule has 0 bridgehead atoms. The number of aliphatic imine (C=N–C) groups is 1. The average Bonchev–Trinajstić information content (AvgIpc) is 2.45. The van der Waals surface area contributed by atoms with E-state index >= 15 is 0 Å². The number of nitrogens with one attached hydrogen (secondary N) is 1. The fourth-order valence-corrected chi connectivity index (χ4v) is 1.41. The Morgan fingerprint density at radius 3 is 2.63 bits per heavy atom. The van der Waals surface area contributed by atoms with E-state index in [4.69, 9.17) is 0 Å². The van der Waals surface area contributed by atoms with Crippen molar-refractivity contribution >= 4 is 12.4 Å². The van der Waals surface area contributed by atoms with E-state index in [1.807, 2.05) is 30.3 Å². The predicted molar refractivity (Wildman–Crippen MR) is 79.1 cm³/mol. The molecule has 0 heterocycles. The highest BCUT2D eigenvalue weighted by molar-refractivity contribution is 5.86. The molecule has 4 heteroatoms. The third kappa shape index (κ3) is 5.68. The first-order chi connectivity index (χ1) is 9.27. The lowest BCUT2D eigenvalue weighted by Gasteiger charge is -2.15. The summed E-state index contributed by atoms with van der Waals surface area (Å²) < 4.78 is 0. The fraction of sp³-hybridized carbons (Fsp3) is 0.200. The summed E-state index contributed by atoms with van der Waals surface area (Å²) in [6.45, 7) is 8.57. The summed E-state index contributed by atoms with van der Waals surface area (Å²) in [5.41, 5.74) is 1.10. The zero-order chi connectivity index (χ0) is 13.9. The van der Waals surface area contributed by atoms with Crippen LogP contribution in [0.2, 0.25) is 0 Å². The van der Waals surface area contributed by atoms with Crippen LogP contribution in [0.5, 0.6) is 0 Å². The first-order valence-electron chi connectivity index (χ1n) is 6.08. The number of urea groups is 1. The molecule has 2 amide bonds. The van der Waals surface area contributed by atoms with Crippen molar-refractivity contribution in [1.82, 2.24) is 10.2 Å². The first kappa shape index (κ1) is 14.7. The first-order valence-corrected chi connectivity index (χ1v) is 6.08. The van der Waals surface area contributed by atoms with Crippen molar-refractivity contribution in [3.63, 3.8) is 0 Å². The lowest BCUT2D eigenvalue weighted by molar-refractivity contribution is 0.225. The molecule has 1 rings (SSSR count). The highest BCUT2D eigenvalue weighted by Gasteiger charge is 2.07. The highest BCUT2D eigenvalue weighted by Crippen LogP contribution is 1.99. The molecular formula is C15H19N3O. The van der Waals surface area contributed by atoms with E-state index in [1.165, 1.54) is 11.2 Å². The third-order valence-corrected chi connectivity index (χ3v) is 2.32. The van der Waals surface area contributed by atoms with Gasteiger partial charge in [-0.1, -0.05) is 42.5 Å². The minimum atomic E-state index is -0.211. The van der Waals surface area contributed by atoms with Crippen LogP contribution < -0.4 is 5.32 Å². The Labute approximate surface area is 114 Å². The summed E-state index contributed by atoms with van der Waals surface area (Å²) in [5.74, 6) is 0. The van der Waals surface area contributed by atoms with Gasteiger partial charge in [-0.3, -0.25) is 9.89 Å². The molecule has 1 N–H and O–H groups in total. The molecular weight excluding hydrogens is 238 g/mol. The zero-order valence-corrected chi connectivity index (χ0v) is 11.0. The van der Waals surface area contributed by atoms with Crippen molar-refractivity contribution < 1.29 is 4.79 Å². The molecule has 0 aromatic heterocycles. The molecule has 0 fully saturated rings. The van der Waals surface area contributed by atoms with Crippen LogP contribution in [0.3, 0.4) is 0 Å². The minimum Gasteiger partial charge on any atom is -0.334 e. The topological polar surface area (TPSA) is 44.7 Å². The molecule has 0 saturated heterocycles. The molecule has 0 spiro atoms. The van der Waals surface area contributed by atoms with E-state index in [2.05, 4.69) is 23.5 Å². The summed E-state index contributed by atoms with van der Waals surface area (Å²) in [6.07, 6.45) is 4.82. The van der Waals surface area contributed by atoms with Crippen LogP contribution in [0.15, 0.2) is 60.6 Å². The summed E-state index contributed by atoms with van der Waals surface area (Å²) in [6, 6.07) is 9.66. The van der Waals surface area contributed by atoms with Gasteiger partial charge < -0.3 is 5.32 Å². The number of rotatable bonds is 7. The molecule has 0 atom stereocenters. The van der Waals surface area contributed by atoms with Gasteiger partial charge in [0.2, 0.25) is 0 Å². The summed E-state index contributed by atoms with van der Waals surface area (Å²) in [5, 5.41) is 2.70. The van der Waals surface area contributed by atoms with Crippen LogP contribution in [0.25, 0.3) is 0 Å². The van der Waals surface area contributed by atoms with Crippen LogP contribution in [0.1, 0.15) is 5.56 Å². The minimum absolute atomic E-state index is 0.211. The molecule has 0 aliphatic rings. The van der Waals surface area contributed by atoms with Gasteiger partial charge in [0.05, 0.1) is 12.9 Å². The Balaban J connectivity index is 2.54. The monoisotopic (exact) mass is 257 g/mol. The van der Waals surface area contributed by atoms with Crippen LogP contribution >= 0.6 is 0 Å². The largest absolute Gasteiger partial charge is 0.334 e. The van der Waals surface area contributed by atoms with Crippen molar-refractivity contribution in [2.24, 2.45) is 4.99 Å².